The van der Waals surface area contributed by atoms with Gasteiger partial charge in [0.15, 0.2) is 0 Å². The van der Waals surface area contributed by atoms with E-state index in [1.165, 1.54) is 10.5 Å². The van der Waals surface area contributed by atoms with Gasteiger partial charge in [-0.1, -0.05) is 19.1 Å². The maximum atomic E-state index is 3.22. The van der Waals surface area contributed by atoms with Crippen molar-refractivity contribution in [2.45, 2.75) is 24.3 Å². The number of hydrogen-bond donors (Lipinski definition) is 1. The molecule has 2 nitrogen and oxygen atoms in total. The Bertz CT molecular complexity index is 309. The van der Waals surface area contributed by atoms with Crippen LogP contribution in [0.5, 0.6) is 0 Å². The maximum absolute atomic E-state index is 3.22. The topological polar surface area (TPSA) is 15.3 Å². The zero-order valence-electron chi connectivity index (χ0n) is 11.4. The van der Waals surface area contributed by atoms with E-state index in [2.05, 4.69) is 55.5 Å². The van der Waals surface area contributed by atoms with Gasteiger partial charge < -0.3 is 10.2 Å². The van der Waals surface area contributed by atoms with Gasteiger partial charge in [-0.3, -0.25) is 0 Å². The van der Waals surface area contributed by atoms with Crippen LogP contribution < -0.4 is 5.32 Å². The highest BCUT2D eigenvalue weighted by Crippen LogP contribution is 2.25. The highest BCUT2D eigenvalue weighted by molar-refractivity contribution is 7.99. The van der Waals surface area contributed by atoms with E-state index in [0.717, 1.165) is 18.7 Å². The van der Waals surface area contributed by atoms with Gasteiger partial charge in [0.05, 0.1) is 0 Å². The lowest BCUT2D eigenvalue weighted by molar-refractivity contribution is 0.283. The second-order valence-electron chi connectivity index (χ2n) is 4.37. The molecule has 0 aliphatic rings. The van der Waals surface area contributed by atoms with Crippen molar-refractivity contribution in [3.8, 4) is 0 Å². The fourth-order valence-electron chi connectivity index (χ4n) is 1.96. The molecule has 3 heteroatoms. The van der Waals surface area contributed by atoms with Gasteiger partial charge in [0.1, 0.15) is 0 Å². The average molecular weight is 252 g/mol. The predicted molar refractivity (Wildman–Crippen MR) is 77.8 cm³/mol. The van der Waals surface area contributed by atoms with Crippen LogP contribution >= 0.6 is 11.8 Å². The van der Waals surface area contributed by atoms with E-state index in [-0.39, 0.29) is 0 Å². The summed E-state index contributed by atoms with van der Waals surface area (Å²) in [6.07, 6.45) is 1.14. The highest BCUT2D eigenvalue weighted by atomic mass is 32.2. The molecule has 1 rings (SSSR count). The standard InChI is InChI=1S/C14H24N2S/c1-5-17-13-8-6-12(7-9-13)14(16(3)4)10-11-15-2/h6-9,14-15H,5,10-11H2,1-4H3. The van der Waals surface area contributed by atoms with Crippen LogP contribution in [0.4, 0.5) is 0 Å². The molecule has 0 amide bonds. The summed E-state index contributed by atoms with van der Waals surface area (Å²) < 4.78 is 0. The summed E-state index contributed by atoms with van der Waals surface area (Å²) in [5, 5.41) is 3.22. The minimum absolute atomic E-state index is 0.503. The van der Waals surface area contributed by atoms with Crippen LogP contribution in [-0.4, -0.2) is 38.3 Å². The van der Waals surface area contributed by atoms with Crippen LogP contribution in [0, 0.1) is 0 Å². The third kappa shape index (κ3) is 4.70. The van der Waals surface area contributed by atoms with Gasteiger partial charge in [-0.05, 0) is 57.6 Å². The summed E-state index contributed by atoms with van der Waals surface area (Å²) in [5.74, 6) is 1.14. The monoisotopic (exact) mass is 252 g/mol. The van der Waals surface area contributed by atoms with Crippen molar-refractivity contribution in [1.29, 1.82) is 0 Å². The first-order valence-corrected chi connectivity index (χ1v) is 7.21. The van der Waals surface area contributed by atoms with Crippen LogP contribution in [-0.2, 0) is 0 Å². The van der Waals surface area contributed by atoms with Gasteiger partial charge >= 0.3 is 0 Å². The Morgan fingerprint density at radius 3 is 2.35 bits per heavy atom. The van der Waals surface area contributed by atoms with E-state index in [4.69, 9.17) is 0 Å². The fraction of sp³-hybridized carbons (Fsp3) is 0.571. The number of rotatable bonds is 7. The molecule has 0 aliphatic carbocycles. The summed E-state index contributed by atoms with van der Waals surface area (Å²) >= 11 is 1.90. The molecule has 0 radical (unpaired) electrons. The van der Waals surface area contributed by atoms with Crippen LogP contribution in [0.25, 0.3) is 0 Å². The van der Waals surface area contributed by atoms with Crippen molar-refractivity contribution in [3.63, 3.8) is 0 Å². The van der Waals surface area contributed by atoms with E-state index >= 15 is 0 Å². The van der Waals surface area contributed by atoms with Gasteiger partial charge in [0.25, 0.3) is 0 Å². The van der Waals surface area contributed by atoms with E-state index in [1.807, 2.05) is 18.8 Å². The normalized spacial score (nSPS) is 13.0. The summed E-state index contributed by atoms with van der Waals surface area (Å²) in [7, 11) is 6.30. The molecular formula is C14H24N2S. The van der Waals surface area contributed by atoms with Gasteiger partial charge in [0.2, 0.25) is 0 Å². The predicted octanol–water partition coefficient (Wildman–Crippen LogP) is 3.01. The Hall–Kier alpha value is -0.510. The molecule has 1 unspecified atom stereocenters. The molecule has 0 fully saturated rings. The Balaban J connectivity index is 2.72. The number of hydrogen-bond acceptors (Lipinski definition) is 3. The first kappa shape index (κ1) is 14.6. The molecule has 0 aromatic heterocycles. The zero-order valence-corrected chi connectivity index (χ0v) is 12.2. The minimum atomic E-state index is 0.503. The summed E-state index contributed by atoms with van der Waals surface area (Å²) in [6.45, 7) is 3.24. The quantitative estimate of drug-likeness (QED) is 0.751. The third-order valence-electron chi connectivity index (χ3n) is 2.87. The molecule has 1 N–H and O–H groups in total. The van der Waals surface area contributed by atoms with Crippen LogP contribution in [0.3, 0.4) is 0 Å². The van der Waals surface area contributed by atoms with Crippen LogP contribution in [0.2, 0.25) is 0 Å². The Labute approximate surface area is 110 Å². The van der Waals surface area contributed by atoms with Crippen molar-refractivity contribution < 1.29 is 0 Å². The molecule has 1 aromatic rings. The van der Waals surface area contributed by atoms with Crippen molar-refractivity contribution in [2.75, 3.05) is 33.4 Å². The molecule has 1 atom stereocenters. The average Bonchev–Trinajstić information content (AvgIpc) is 2.31. The minimum Gasteiger partial charge on any atom is -0.320 e. The first-order chi connectivity index (χ1) is 8.19. The molecule has 1 aromatic carbocycles. The van der Waals surface area contributed by atoms with Gasteiger partial charge in [0, 0.05) is 10.9 Å². The number of thioether (sulfide) groups is 1. The second-order valence-corrected chi connectivity index (χ2v) is 5.71. The van der Waals surface area contributed by atoms with Crippen molar-refractivity contribution in [2.24, 2.45) is 0 Å². The molecule has 0 aliphatic heterocycles. The van der Waals surface area contributed by atoms with Crippen LogP contribution in [0.1, 0.15) is 24.9 Å². The van der Waals surface area contributed by atoms with Gasteiger partial charge in [-0.2, -0.15) is 0 Å². The molecule has 0 spiro atoms. The number of nitrogens with zero attached hydrogens (tertiary/aromatic N) is 1. The van der Waals surface area contributed by atoms with Crippen LogP contribution in [0.15, 0.2) is 29.2 Å². The molecular weight excluding hydrogens is 228 g/mol. The smallest absolute Gasteiger partial charge is 0.0354 e. The number of benzene rings is 1. The van der Waals surface area contributed by atoms with Crippen molar-refractivity contribution in [3.05, 3.63) is 29.8 Å². The third-order valence-corrected chi connectivity index (χ3v) is 3.76. The Kier molecular flexibility index (Phi) is 6.63. The van der Waals surface area contributed by atoms with E-state index in [9.17, 15) is 0 Å². The summed E-state index contributed by atoms with van der Waals surface area (Å²) in [4.78, 5) is 3.65. The molecule has 17 heavy (non-hydrogen) atoms. The first-order valence-electron chi connectivity index (χ1n) is 6.22. The SMILES string of the molecule is CCSc1ccc(C(CCNC)N(C)C)cc1. The lowest BCUT2D eigenvalue weighted by Crippen LogP contribution is -2.23. The van der Waals surface area contributed by atoms with E-state index in [1.54, 1.807) is 0 Å². The van der Waals surface area contributed by atoms with E-state index < -0.39 is 0 Å². The molecule has 0 saturated heterocycles. The summed E-state index contributed by atoms with van der Waals surface area (Å²) in [6, 6.07) is 9.50. The summed E-state index contributed by atoms with van der Waals surface area (Å²) in [5.41, 5.74) is 1.41. The molecule has 96 valence electrons. The van der Waals surface area contributed by atoms with Gasteiger partial charge in [-0.25, -0.2) is 0 Å². The second kappa shape index (κ2) is 7.75. The van der Waals surface area contributed by atoms with Crippen molar-refractivity contribution >= 4 is 11.8 Å². The lowest BCUT2D eigenvalue weighted by Gasteiger charge is -2.25. The van der Waals surface area contributed by atoms with Gasteiger partial charge in [-0.15, -0.1) is 11.8 Å². The zero-order chi connectivity index (χ0) is 12.7. The Morgan fingerprint density at radius 2 is 1.88 bits per heavy atom. The molecule has 0 heterocycles. The Morgan fingerprint density at radius 1 is 1.24 bits per heavy atom. The number of nitrogens with one attached hydrogen (secondary N) is 1. The largest absolute Gasteiger partial charge is 0.320 e. The maximum Gasteiger partial charge on any atom is 0.0354 e. The molecule has 0 bridgehead atoms. The highest BCUT2D eigenvalue weighted by Gasteiger charge is 2.12. The lowest BCUT2D eigenvalue weighted by atomic mass is 10.0. The molecule has 0 saturated carbocycles. The van der Waals surface area contributed by atoms with E-state index in [0.29, 0.717) is 6.04 Å². The fourth-order valence-corrected chi connectivity index (χ4v) is 2.62. The van der Waals surface area contributed by atoms with Crippen molar-refractivity contribution in [1.82, 2.24) is 10.2 Å².